The van der Waals surface area contributed by atoms with Crippen molar-refractivity contribution in [3.63, 3.8) is 0 Å². The van der Waals surface area contributed by atoms with Crippen molar-refractivity contribution < 1.29 is 20.3 Å². The van der Waals surface area contributed by atoms with E-state index >= 15 is 0 Å². The minimum absolute atomic E-state index is 0.288. The van der Waals surface area contributed by atoms with Crippen LogP contribution in [-0.2, 0) is 4.79 Å². The highest BCUT2D eigenvalue weighted by Crippen LogP contribution is 1.31. The molecule has 0 radical (unpaired) electrons. The third kappa shape index (κ3) is 53.8. The molecule has 3 N–H and O–H groups in total. The lowest BCUT2D eigenvalue weighted by Gasteiger charge is -1.81. The highest BCUT2D eigenvalue weighted by Gasteiger charge is 1.69. The van der Waals surface area contributed by atoms with Crippen molar-refractivity contribution in [2.45, 2.75) is 0 Å². The molecule has 4 heteroatoms. The summed E-state index contributed by atoms with van der Waals surface area (Å²) >= 11 is 0. The highest BCUT2D eigenvalue weighted by atomic mass is 16.3. The molecule has 0 aliphatic rings. The Hall–Kier alpha value is -0.610. The van der Waals surface area contributed by atoms with E-state index in [2.05, 4.69) is 0 Å². The standard InChI is InChI=1S/C3H9NO.CH2O2/c1-4-2-3-5;2-1-3/h4-5H,2-3H2,1H3;1H,(H,2,3). The Bertz CT molecular complexity index is 38.3. The average Bonchev–Trinajstić information content (AvgIpc) is 1.71. The zero-order valence-electron chi connectivity index (χ0n) is 4.83. The number of hydrogen-bond donors (Lipinski definition) is 2. The van der Waals surface area contributed by atoms with Gasteiger partial charge in [0, 0.05) is 6.47 Å². The van der Waals surface area contributed by atoms with Crippen molar-refractivity contribution in [2.24, 2.45) is 0 Å². The maximum Gasteiger partial charge on any atom is 0.0988 e. The van der Waals surface area contributed by atoms with Crippen molar-refractivity contribution in [1.82, 2.24) is 0 Å². The molecule has 0 spiro atoms. The zero-order valence-corrected chi connectivity index (χ0v) is 4.83. The molecule has 8 heavy (non-hydrogen) atoms. The van der Waals surface area contributed by atoms with Crippen LogP contribution in [0, 0.1) is 0 Å². The van der Waals surface area contributed by atoms with Crippen LogP contribution in [0.3, 0.4) is 0 Å². The minimum atomic E-state index is -0.500. The monoisotopic (exact) mass is 121 g/mol. The number of carbonyl (C=O) groups is 1. The van der Waals surface area contributed by atoms with Gasteiger partial charge in [-0.2, -0.15) is 0 Å². The third-order valence-corrected chi connectivity index (χ3v) is 0.418. The van der Waals surface area contributed by atoms with Gasteiger partial charge in [0.25, 0.3) is 0 Å². The van der Waals surface area contributed by atoms with Gasteiger partial charge in [0.1, 0.15) is 0 Å². The fraction of sp³-hybridized carbons (Fsp3) is 0.750. The first kappa shape index (κ1) is 10.4. The van der Waals surface area contributed by atoms with Crippen LogP contribution in [0.25, 0.3) is 0 Å². The highest BCUT2D eigenvalue weighted by molar-refractivity contribution is 5.29. The summed E-state index contributed by atoms with van der Waals surface area (Å²) in [6.07, 6.45) is 0. The van der Waals surface area contributed by atoms with Crippen molar-refractivity contribution >= 4 is 6.47 Å². The first-order valence-electron chi connectivity index (χ1n) is 2.27. The van der Waals surface area contributed by atoms with Crippen LogP contribution < -0.4 is 10.4 Å². The second kappa shape index (κ2) is 16.2. The van der Waals surface area contributed by atoms with Gasteiger partial charge in [-0.1, -0.05) is 0 Å². The molecule has 0 saturated heterocycles. The molecular weight excluding hydrogens is 110 g/mol. The number of likely N-dealkylation sites (N-methyl/N-ethyl adjacent to an activating group) is 1. The number of aliphatic hydroxyl groups excluding tert-OH is 1. The van der Waals surface area contributed by atoms with Gasteiger partial charge in [0.15, 0.2) is 0 Å². The maximum absolute atomic E-state index is 8.25. The molecule has 0 bridgehead atoms. The van der Waals surface area contributed by atoms with E-state index in [1.807, 2.05) is 12.4 Å². The summed E-state index contributed by atoms with van der Waals surface area (Å²) in [5, 5.41) is 18.2. The molecule has 0 atom stereocenters. The first-order chi connectivity index (χ1) is 3.83. The van der Waals surface area contributed by atoms with E-state index in [9.17, 15) is 0 Å². The van der Waals surface area contributed by atoms with Crippen molar-refractivity contribution in [1.29, 1.82) is 0 Å². The van der Waals surface area contributed by atoms with E-state index in [-0.39, 0.29) is 6.61 Å². The van der Waals surface area contributed by atoms with E-state index in [0.29, 0.717) is 0 Å². The Labute approximate surface area is 48.1 Å². The van der Waals surface area contributed by atoms with Crippen LogP contribution in [0.2, 0.25) is 0 Å². The van der Waals surface area contributed by atoms with Crippen LogP contribution in [-0.4, -0.2) is 31.8 Å². The second-order valence-electron chi connectivity index (χ2n) is 1.02. The molecule has 0 heterocycles. The van der Waals surface area contributed by atoms with E-state index in [0.717, 1.165) is 6.54 Å². The van der Waals surface area contributed by atoms with E-state index in [4.69, 9.17) is 15.0 Å². The van der Waals surface area contributed by atoms with Crippen LogP contribution in [0.15, 0.2) is 0 Å². The summed E-state index contributed by atoms with van der Waals surface area (Å²) in [4.78, 5) is 8.25. The average molecular weight is 121 g/mol. The quantitative estimate of drug-likeness (QED) is 0.373. The summed E-state index contributed by atoms with van der Waals surface area (Å²) in [6.45, 7) is 0.608. The van der Waals surface area contributed by atoms with Crippen molar-refractivity contribution in [2.75, 3.05) is 20.2 Å². The molecule has 0 aliphatic heterocycles. The fourth-order valence-electron chi connectivity index (χ4n) is 0.129. The Balaban J connectivity index is 0. The lowest BCUT2D eigenvalue weighted by atomic mass is 10.7. The van der Waals surface area contributed by atoms with E-state index in [1.165, 1.54) is 0 Å². The van der Waals surface area contributed by atoms with Crippen LogP contribution in [0.4, 0.5) is 0 Å². The van der Waals surface area contributed by atoms with Crippen molar-refractivity contribution in [3.8, 4) is 0 Å². The number of hydrogen-bond acceptors (Lipinski definition) is 3. The normalized spacial score (nSPS) is 6.75. The first-order valence-corrected chi connectivity index (χ1v) is 2.27. The SMILES string of the molecule is C[NH2+]CCO.O=C[O-]. The van der Waals surface area contributed by atoms with Gasteiger partial charge in [0.2, 0.25) is 0 Å². The molecule has 0 aromatic carbocycles. The number of carboxylic acid groups (broad SMARTS) is 1. The molecule has 0 fully saturated rings. The number of quaternary nitrogens is 1. The fourth-order valence-corrected chi connectivity index (χ4v) is 0.129. The topological polar surface area (TPSA) is 77.0 Å². The van der Waals surface area contributed by atoms with Gasteiger partial charge in [-0.05, 0) is 0 Å². The predicted octanol–water partition coefficient (Wildman–Crippen LogP) is -3.46. The largest absolute Gasteiger partial charge is 0.554 e. The van der Waals surface area contributed by atoms with Crippen LogP contribution in [0.5, 0.6) is 0 Å². The second-order valence-corrected chi connectivity index (χ2v) is 1.02. The molecule has 0 unspecified atom stereocenters. The Morgan fingerprint density at radius 2 is 2.25 bits per heavy atom. The summed E-state index contributed by atoms with van der Waals surface area (Å²) in [5.74, 6) is 0. The predicted molar refractivity (Wildman–Crippen MR) is 25.9 cm³/mol. The van der Waals surface area contributed by atoms with Crippen LogP contribution >= 0.6 is 0 Å². The smallest absolute Gasteiger partial charge is 0.0988 e. The van der Waals surface area contributed by atoms with Crippen LogP contribution in [0.1, 0.15) is 0 Å². The molecule has 0 aromatic rings. The summed E-state index contributed by atoms with van der Waals surface area (Å²) in [7, 11) is 1.93. The summed E-state index contributed by atoms with van der Waals surface area (Å²) in [5.41, 5.74) is 0. The number of carbonyl (C=O) groups excluding carboxylic acids is 1. The van der Waals surface area contributed by atoms with E-state index < -0.39 is 6.47 Å². The maximum atomic E-state index is 8.25. The van der Waals surface area contributed by atoms with Gasteiger partial charge in [-0.3, -0.25) is 0 Å². The molecular formula is C4H11NO3. The molecule has 0 saturated carbocycles. The molecule has 50 valence electrons. The molecule has 0 aromatic heterocycles. The van der Waals surface area contributed by atoms with Gasteiger partial charge < -0.3 is 20.3 Å². The Morgan fingerprint density at radius 3 is 2.25 bits per heavy atom. The molecule has 0 amide bonds. The van der Waals surface area contributed by atoms with Gasteiger partial charge in [-0.15, -0.1) is 0 Å². The summed E-state index contributed by atoms with van der Waals surface area (Å²) in [6, 6.07) is 0. The summed E-state index contributed by atoms with van der Waals surface area (Å²) < 4.78 is 0. The van der Waals surface area contributed by atoms with Gasteiger partial charge in [0.05, 0.1) is 20.2 Å². The number of rotatable bonds is 2. The zero-order chi connectivity index (χ0) is 6.83. The Morgan fingerprint density at radius 1 is 1.88 bits per heavy atom. The molecule has 0 rings (SSSR count). The Kier molecular flexibility index (Phi) is 21.0. The molecule has 4 nitrogen and oxygen atoms in total. The number of nitrogens with two attached hydrogens (primary N) is 1. The lowest BCUT2D eigenvalue weighted by molar-refractivity contribution is -0.628. The lowest BCUT2D eigenvalue weighted by Crippen LogP contribution is -2.80. The van der Waals surface area contributed by atoms with Crippen molar-refractivity contribution in [3.05, 3.63) is 0 Å². The van der Waals surface area contributed by atoms with Gasteiger partial charge in [-0.25, -0.2) is 0 Å². The minimum Gasteiger partial charge on any atom is -0.554 e. The number of aliphatic hydroxyl groups is 1. The van der Waals surface area contributed by atoms with Gasteiger partial charge >= 0.3 is 0 Å². The third-order valence-electron chi connectivity index (χ3n) is 0.418. The van der Waals surface area contributed by atoms with E-state index in [1.54, 1.807) is 0 Å². The molecule has 0 aliphatic carbocycles.